The topological polar surface area (TPSA) is 67.9 Å². The molecule has 6 heterocycles. The Bertz CT molecular complexity index is 6110. The zero-order chi connectivity index (χ0) is 66.5. The van der Waals surface area contributed by atoms with E-state index in [-0.39, 0.29) is 6.71 Å². The maximum Gasteiger partial charge on any atom is 0.252 e. The monoisotopic (exact) mass is 1290 g/mol. The summed E-state index contributed by atoms with van der Waals surface area (Å²) in [5.74, 6) is 1.23. The minimum absolute atomic E-state index is 0.0146. The van der Waals surface area contributed by atoms with Gasteiger partial charge in [-0.2, -0.15) is 0 Å². The van der Waals surface area contributed by atoms with Crippen molar-refractivity contribution in [2.75, 3.05) is 9.80 Å². The number of rotatable bonds is 11. The van der Waals surface area contributed by atoms with Crippen LogP contribution in [0.3, 0.4) is 0 Å². The first kappa shape index (κ1) is 57.7. The molecule has 14 aromatic carbocycles. The molecular weight excluding hydrogens is 1230 g/mol. The summed E-state index contributed by atoms with van der Waals surface area (Å²) >= 11 is 0. The normalized spacial score (nSPS) is 12.3. The van der Waals surface area contributed by atoms with E-state index in [1.165, 1.54) is 27.2 Å². The third-order valence-electron chi connectivity index (χ3n) is 20.3. The highest BCUT2D eigenvalue weighted by molar-refractivity contribution is 7.00. The van der Waals surface area contributed by atoms with Crippen LogP contribution >= 0.6 is 0 Å². The SMILES string of the molecule is c1ccc(-c2cc(-c3ccc(-n4c5ccccc5c5cc6c7ccccc7n(-c7ccccc7)c6cc54)c(-c4cc(-c5ccccc5)nc(-c5cccc(-c6cc7c8c(c6)N(c6ccccc6)c6ccccc6B8c6ccccc6N7c6ccccc6)c5)n4)c3)nc(-c3ccccc3)n2)cc1. The second-order valence-electron chi connectivity index (χ2n) is 26.1. The molecule has 9 heteroatoms. The summed E-state index contributed by atoms with van der Waals surface area (Å²) in [7, 11) is 0. The summed E-state index contributed by atoms with van der Waals surface area (Å²) in [5, 5.41) is 4.69. The molecule has 0 atom stereocenters. The third-order valence-corrected chi connectivity index (χ3v) is 20.3. The van der Waals surface area contributed by atoms with Crippen molar-refractivity contribution in [3.63, 3.8) is 0 Å². The van der Waals surface area contributed by atoms with Gasteiger partial charge in [0.25, 0.3) is 6.71 Å². The first-order valence-electron chi connectivity index (χ1n) is 34.4. The lowest BCUT2D eigenvalue weighted by atomic mass is 9.33. The van der Waals surface area contributed by atoms with E-state index in [1.54, 1.807) is 0 Å². The van der Waals surface area contributed by atoms with Crippen LogP contribution in [0.2, 0.25) is 0 Å². The van der Waals surface area contributed by atoms with E-state index in [0.29, 0.717) is 11.6 Å². The lowest BCUT2D eigenvalue weighted by Gasteiger charge is -2.44. The van der Waals surface area contributed by atoms with Gasteiger partial charge in [0.05, 0.1) is 50.5 Å². The number of hydrogen-bond donors (Lipinski definition) is 0. The molecule has 18 aromatic rings. The van der Waals surface area contributed by atoms with Crippen LogP contribution in [0, 0.1) is 0 Å². The minimum atomic E-state index is -0.0146. The second-order valence-corrected chi connectivity index (χ2v) is 26.1. The van der Waals surface area contributed by atoms with Gasteiger partial charge >= 0.3 is 0 Å². The van der Waals surface area contributed by atoms with Crippen LogP contribution < -0.4 is 26.2 Å². The molecule has 2 aliphatic rings. The lowest BCUT2D eigenvalue weighted by Crippen LogP contribution is -2.61. The Kier molecular flexibility index (Phi) is 13.5. The molecule has 8 nitrogen and oxygen atoms in total. The summed E-state index contributed by atoms with van der Waals surface area (Å²) in [6, 6.07) is 129. The fourth-order valence-corrected chi connectivity index (χ4v) is 15.8. The van der Waals surface area contributed by atoms with Gasteiger partial charge in [0.1, 0.15) is 0 Å². The van der Waals surface area contributed by atoms with Gasteiger partial charge in [-0.3, -0.25) is 0 Å². The molecule has 2 aliphatic heterocycles. The standard InChI is InChI=1S/C92H59BN8/c1-7-28-60(29-8-1)77-57-79(96-91(94-77)62-32-11-3-12-33-62)64-50-51-83(101-82-47-24-20-43-71(82)73-56-72-70-42-19-23-46-81(70)98(86(72)59-87(73)101)67-36-13-4-14-37-67)74(53-64)80-58-78(61-30-9-2-10-31-61)95-92(97-80)65-35-27-34-63(52-65)66-54-88-90-89(55-66)100(69-40-17-6-18-41-69)85-49-26-22-45-76(85)93(90)75-44-21-25-48-84(75)99(88)68-38-15-5-16-39-68/h1-59H. The highest BCUT2D eigenvalue weighted by atomic mass is 15.2. The molecule has 20 rings (SSSR count). The van der Waals surface area contributed by atoms with Crippen molar-refractivity contribution < 1.29 is 0 Å². The van der Waals surface area contributed by atoms with Crippen LogP contribution in [0.15, 0.2) is 358 Å². The highest BCUT2D eigenvalue weighted by Gasteiger charge is 2.43. The van der Waals surface area contributed by atoms with E-state index in [9.17, 15) is 0 Å². The molecule has 0 fully saturated rings. The quantitative estimate of drug-likeness (QED) is 0.120. The van der Waals surface area contributed by atoms with Gasteiger partial charge in [-0.25, -0.2) is 19.9 Å². The first-order chi connectivity index (χ1) is 50.1. The predicted molar refractivity (Wildman–Crippen MR) is 418 cm³/mol. The van der Waals surface area contributed by atoms with Gasteiger partial charge in [0, 0.05) is 94.7 Å². The molecule has 0 amide bonds. The van der Waals surface area contributed by atoms with Crippen molar-refractivity contribution in [1.82, 2.24) is 29.1 Å². The predicted octanol–water partition coefficient (Wildman–Crippen LogP) is 21.2. The molecule has 0 bridgehead atoms. The zero-order valence-corrected chi connectivity index (χ0v) is 54.7. The van der Waals surface area contributed by atoms with Gasteiger partial charge in [-0.05, 0) is 143 Å². The smallest absolute Gasteiger partial charge is 0.252 e. The van der Waals surface area contributed by atoms with E-state index in [2.05, 4.69) is 353 Å². The van der Waals surface area contributed by atoms with Crippen molar-refractivity contribution in [3.05, 3.63) is 358 Å². The molecule has 470 valence electrons. The zero-order valence-electron chi connectivity index (χ0n) is 54.7. The van der Waals surface area contributed by atoms with E-state index in [4.69, 9.17) is 19.9 Å². The molecule has 4 aromatic heterocycles. The largest absolute Gasteiger partial charge is 0.311 e. The summed E-state index contributed by atoms with van der Waals surface area (Å²) in [4.78, 5) is 27.1. The number of nitrogens with zero attached hydrogens (tertiary/aromatic N) is 8. The molecule has 0 aliphatic carbocycles. The number of anilines is 6. The van der Waals surface area contributed by atoms with E-state index >= 15 is 0 Å². The van der Waals surface area contributed by atoms with Gasteiger partial charge in [-0.15, -0.1) is 0 Å². The summed E-state index contributed by atoms with van der Waals surface area (Å²) in [6.07, 6.45) is 0. The van der Waals surface area contributed by atoms with Crippen LogP contribution in [0.4, 0.5) is 34.1 Å². The van der Waals surface area contributed by atoms with Crippen LogP contribution in [0.25, 0.3) is 134 Å². The lowest BCUT2D eigenvalue weighted by molar-refractivity contribution is 1.14. The fourth-order valence-electron chi connectivity index (χ4n) is 15.8. The Morgan fingerprint density at radius 1 is 0.218 bits per heavy atom. The van der Waals surface area contributed by atoms with Crippen LogP contribution in [-0.2, 0) is 0 Å². The molecule has 0 spiro atoms. The first-order valence-corrected chi connectivity index (χ1v) is 34.4. The number of hydrogen-bond acceptors (Lipinski definition) is 6. The second kappa shape index (κ2) is 23.7. The molecule has 101 heavy (non-hydrogen) atoms. The minimum Gasteiger partial charge on any atom is -0.311 e. The van der Waals surface area contributed by atoms with Gasteiger partial charge in [0.15, 0.2) is 11.6 Å². The van der Waals surface area contributed by atoms with Crippen molar-refractivity contribution in [2.24, 2.45) is 0 Å². The molecule has 0 saturated carbocycles. The number of fused-ring (bicyclic) bond motifs is 10. The molecule has 0 saturated heterocycles. The number of aromatic nitrogens is 6. The van der Waals surface area contributed by atoms with Gasteiger partial charge in [0.2, 0.25) is 0 Å². The Labute approximate surface area is 584 Å². The van der Waals surface area contributed by atoms with E-state index < -0.39 is 0 Å². The number of para-hydroxylation sites is 7. The fraction of sp³-hybridized carbons (Fsp3) is 0. The Morgan fingerprint density at radius 2 is 0.644 bits per heavy atom. The Hall–Kier alpha value is -13.5. The average molecular weight is 1290 g/mol. The van der Waals surface area contributed by atoms with E-state index in [0.717, 1.165) is 146 Å². The maximum absolute atomic E-state index is 5.86. The summed E-state index contributed by atoms with van der Waals surface area (Å²) in [6.45, 7) is -0.0146. The van der Waals surface area contributed by atoms with Crippen molar-refractivity contribution in [3.8, 4) is 90.3 Å². The summed E-state index contributed by atoms with van der Waals surface area (Å²) < 4.78 is 4.86. The number of benzene rings is 14. The third kappa shape index (κ3) is 9.61. The highest BCUT2D eigenvalue weighted by Crippen LogP contribution is 2.48. The maximum atomic E-state index is 5.86. The van der Waals surface area contributed by atoms with Crippen molar-refractivity contribution in [2.45, 2.75) is 0 Å². The van der Waals surface area contributed by atoms with Crippen LogP contribution in [0.1, 0.15) is 0 Å². The molecule has 0 N–H and O–H groups in total. The van der Waals surface area contributed by atoms with E-state index in [1.807, 2.05) is 24.3 Å². The molecule has 0 unspecified atom stereocenters. The van der Waals surface area contributed by atoms with Crippen molar-refractivity contribution in [1.29, 1.82) is 0 Å². The Morgan fingerprint density at radius 3 is 1.22 bits per heavy atom. The average Bonchev–Trinajstić information content (AvgIpc) is 1.41. The van der Waals surface area contributed by atoms with Crippen molar-refractivity contribution >= 4 is 101 Å². The molecule has 0 radical (unpaired) electrons. The van der Waals surface area contributed by atoms with Gasteiger partial charge < -0.3 is 18.9 Å². The molecular formula is C92H59BN8. The van der Waals surface area contributed by atoms with Crippen LogP contribution in [-0.4, -0.2) is 35.8 Å². The summed E-state index contributed by atoms with van der Waals surface area (Å²) in [5.41, 5.74) is 27.9. The Balaban J connectivity index is 0.832. The van der Waals surface area contributed by atoms with Gasteiger partial charge in [-0.1, -0.05) is 243 Å². The van der Waals surface area contributed by atoms with Crippen LogP contribution in [0.5, 0.6) is 0 Å².